The third-order valence-electron chi connectivity index (χ3n) is 6.09. The van der Waals surface area contributed by atoms with Gasteiger partial charge in [-0.1, -0.05) is 35.5 Å². The van der Waals surface area contributed by atoms with Gasteiger partial charge in [-0.05, 0) is 55.5 Å². The summed E-state index contributed by atoms with van der Waals surface area (Å²) < 4.78 is 11.9. The lowest BCUT2D eigenvalue weighted by Crippen LogP contribution is -2.42. The van der Waals surface area contributed by atoms with Crippen LogP contribution in [-0.2, 0) is 4.74 Å². The molecule has 4 heterocycles. The number of aryl methyl sites for hydroxylation is 1. The van der Waals surface area contributed by atoms with Gasteiger partial charge in [-0.3, -0.25) is 9.88 Å². The maximum absolute atomic E-state index is 6.38. The standard InChI is InChI=1S/C25H28N4O2S2/c1-18-5-7-19(8-6-18)33-22-10-9-21(31-22)24-23(20-4-2-3-11-26-20)27-25(32)29(24)13-12-28-14-16-30-17-15-28/h2-11,23-24H,12-17H2,1H3,(H,27,32)/t23-,24+/m0/s1. The Hall–Kier alpha value is -2.39. The summed E-state index contributed by atoms with van der Waals surface area (Å²) in [5.74, 6) is 0.898. The van der Waals surface area contributed by atoms with Crippen LogP contribution in [-0.4, -0.2) is 59.3 Å². The predicted molar refractivity (Wildman–Crippen MR) is 133 cm³/mol. The lowest BCUT2D eigenvalue weighted by molar-refractivity contribution is 0.0347. The van der Waals surface area contributed by atoms with Crippen LogP contribution in [0.2, 0.25) is 0 Å². The fourth-order valence-corrected chi connectivity index (χ4v) is 5.41. The van der Waals surface area contributed by atoms with E-state index >= 15 is 0 Å². The van der Waals surface area contributed by atoms with Gasteiger partial charge < -0.3 is 19.4 Å². The van der Waals surface area contributed by atoms with Crippen molar-refractivity contribution in [3.8, 4) is 0 Å². The molecule has 0 spiro atoms. The third-order valence-corrected chi connectivity index (χ3v) is 7.37. The second-order valence-electron chi connectivity index (χ2n) is 8.35. The van der Waals surface area contributed by atoms with Crippen molar-refractivity contribution < 1.29 is 9.15 Å². The Labute approximate surface area is 204 Å². The lowest BCUT2D eigenvalue weighted by atomic mass is 10.0. The van der Waals surface area contributed by atoms with E-state index in [9.17, 15) is 0 Å². The van der Waals surface area contributed by atoms with Crippen LogP contribution in [0, 0.1) is 6.92 Å². The van der Waals surface area contributed by atoms with Crippen LogP contribution in [0.1, 0.15) is 29.1 Å². The largest absolute Gasteiger partial charge is 0.452 e. The number of aromatic nitrogens is 1. The lowest BCUT2D eigenvalue weighted by Gasteiger charge is -2.31. The molecule has 0 aliphatic carbocycles. The molecule has 2 saturated heterocycles. The summed E-state index contributed by atoms with van der Waals surface area (Å²) in [6, 6.07) is 18.5. The second kappa shape index (κ2) is 10.3. The van der Waals surface area contributed by atoms with Gasteiger partial charge in [0.25, 0.3) is 0 Å². The normalized spacial score (nSPS) is 21.4. The molecule has 33 heavy (non-hydrogen) atoms. The van der Waals surface area contributed by atoms with Crippen molar-refractivity contribution in [1.82, 2.24) is 20.1 Å². The number of rotatable bonds is 7. The Morgan fingerprint density at radius 2 is 1.88 bits per heavy atom. The van der Waals surface area contributed by atoms with Crippen molar-refractivity contribution in [1.29, 1.82) is 0 Å². The first kappa shape index (κ1) is 22.4. The van der Waals surface area contributed by atoms with Crippen LogP contribution < -0.4 is 5.32 Å². The molecule has 2 atom stereocenters. The maximum Gasteiger partial charge on any atom is 0.170 e. The first-order valence-electron chi connectivity index (χ1n) is 11.3. The van der Waals surface area contributed by atoms with E-state index in [1.54, 1.807) is 11.8 Å². The van der Waals surface area contributed by atoms with Crippen molar-refractivity contribution in [3.05, 3.63) is 77.8 Å². The number of pyridine rings is 1. The van der Waals surface area contributed by atoms with Crippen molar-refractivity contribution in [2.24, 2.45) is 0 Å². The van der Waals surface area contributed by atoms with E-state index in [1.807, 2.05) is 24.4 Å². The molecule has 5 rings (SSSR count). The molecule has 6 nitrogen and oxygen atoms in total. The van der Waals surface area contributed by atoms with Crippen molar-refractivity contribution in [2.45, 2.75) is 29.0 Å². The average Bonchev–Trinajstić information content (AvgIpc) is 3.44. The number of hydrogen-bond acceptors (Lipinski definition) is 6. The molecular formula is C25H28N4O2S2. The van der Waals surface area contributed by atoms with Crippen LogP contribution in [0.5, 0.6) is 0 Å². The van der Waals surface area contributed by atoms with E-state index in [-0.39, 0.29) is 12.1 Å². The van der Waals surface area contributed by atoms with Gasteiger partial charge in [0.2, 0.25) is 0 Å². The van der Waals surface area contributed by atoms with Crippen LogP contribution in [0.3, 0.4) is 0 Å². The number of nitrogens with zero attached hydrogens (tertiary/aromatic N) is 3. The number of ether oxygens (including phenoxy) is 1. The molecule has 2 aliphatic heterocycles. The zero-order valence-corrected chi connectivity index (χ0v) is 20.3. The Kier molecular flexibility index (Phi) is 6.96. The second-order valence-corrected chi connectivity index (χ2v) is 9.81. The molecule has 0 unspecified atom stereocenters. The van der Waals surface area contributed by atoms with Crippen LogP contribution >= 0.6 is 24.0 Å². The summed E-state index contributed by atoms with van der Waals surface area (Å²) in [6.45, 7) is 7.35. The van der Waals surface area contributed by atoms with Gasteiger partial charge in [-0.15, -0.1) is 0 Å². The minimum Gasteiger partial charge on any atom is -0.452 e. The molecule has 0 amide bonds. The van der Waals surface area contributed by atoms with Gasteiger partial charge in [0.05, 0.1) is 24.9 Å². The molecule has 1 aromatic carbocycles. The van der Waals surface area contributed by atoms with Crippen LogP contribution in [0.4, 0.5) is 0 Å². The Bertz CT molecular complexity index is 1070. The summed E-state index contributed by atoms with van der Waals surface area (Å²) in [7, 11) is 0. The number of furan rings is 1. The highest BCUT2D eigenvalue weighted by Gasteiger charge is 2.41. The van der Waals surface area contributed by atoms with Crippen LogP contribution in [0.25, 0.3) is 0 Å². The quantitative estimate of drug-likeness (QED) is 0.498. The molecule has 3 aromatic rings. The fraction of sp³-hybridized carbons (Fsp3) is 0.360. The van der Waals surface area contributed by atoms with Gasteiger partial charge in [-0.2, -0.15) is 0 Å². The van der Waals surface area contributed by atoms with Crippen molar-refractivity contribution in [3.63, 3.8) is 0 Å². The Morgan fingerprint density at radius 3 is 2.64 bits per heavy atom. The molecule has 2 aliphatic rings. The van der Waals surface area contributed by atoms with E-state index in [2.05, 4.69) is 63.4 Å². The number of thiocarbonyl (C=S) groups is 1. The van der Waals surface area contributed by atoms with Crippen LogP contribution in [0.15, 0.2) is 75.2 Å². The molecular weight excluding hydrogens is 452 g/mol. The van der Waals surface area contributed by atoms with Crippen molar-refractivity contribution >= 4 is 29.1 Å². The topological polar surface area (TPSA) is 53.8 Å². The SMILES string of the molecule is Cc1ccc(Sc2ccc([C@@H]3[C@H](c4ccccn4)NC(=S)N3CCN3CCOCC3)o2)cc1. The molecule has 1 N–H and O–H groups in total. The summed E-state index contributed by atoms with van der Waals surface area (Å²) >= 11 is 7.42. The number of morpholine rings is 1. The zero-order chi connectivity index (χ0) is 22.6. The number of nitrogens with one attached hydrogen (secondary N) is 1. The van der Waals surface area contributed by atoms with Crippen molar-refractivity contribution in [2.75, 3.05) is 39.4 Å². The van der Waals surface area contributed by atoms with Gasteiger partial charge in [0.15, 0.2) is 10.2 Å². The first-order chi connectivity index (χ1) is 16.2. The summed E-state index contributed by atoms with van der Waals surface area (Å²) in [5.41, 5.74) is 2.21. The number of hydrogen-bond donors (Lipinski definition) is 1. The third kappa shape index (κ3) is 5.24. The Balaban J connectivity index is 1.38. The maximum atomic E-state index is 6.38. The fourth-order valence-electron chi connectivity index (χ4n) is 4.30. The Morgan fingerprint density at radius 1 is 1.06 bits per heavy atom. The predicted octanol–water partition coefficient (Wildman–Crippen LogP) is 4.44. The highest BCUT2D eigenvalue weighted by Crippen LogP contribution is 2.41. The van der Waals surface area contributed by atoms with Gasteiger partial charge in [-0.25, -0.2) is 0 Å². The first-order valence-corrected chi connectivity index (χ1v) is 12.5. The van der Waals surface area contributed by atoms with Gasteiger partial charge in [0, 0.05) is 37.3 Å². The molecule has 172 valence electrons. The molecule has 2 aromatic heterocycles. The molecule has 8 heteroatoms. The van der Waals surface area contributed by atoms with E-state index in [0.29, 0.717) is 0 Å². The van der Waals surface area contributed by atoms with E-state index in [4.69, 9.17) is 21.4 Å². The highest BCUT2D eigenvalue weighted by molar-refractivity contribution is 7.99. The molecule has 0 radical (unpaired) electrons. The van der Waals surface area contributed by atoms with E-state index in [1.165, 1.54) is 5.56 Å². The van der Waals surface area contributed by atoms with Gasteiger partial charge in [0.1, 0.15) is 11.8 Å². The zero-order valence-electron chi connectivity index (χ0n) is 18.6. The minimum absolute atomic E-state index is 0.0548. The van der Waals surface area contributed by atoms with Gasteiger partial charge >= 0.3 is 0 Å². The monoisotopic (exact) mass is 480 g/mol. The van der Waals surface area contributed by atoms with E-state index in [0.717, 1.165) is 65.9 Å². The molecule has 0 saturated carbocycles. The molecule has 0 bridgehead atoms. The smallest absolute Gasteiger partial charge is 0.170 e. The number of benzene rings is 1. The highest BCUT2D eigenvalue weighted by atomic mass is 32.2. The molecule has 2 fully saturated rings. The van der Waals surface area contributed by atoms with E-state index < -0.39 is 0 Å². The minimum atomic E-state index is -0.0632. The summed E-state index contributed by atoms with van der Waals surface area (Å²) in [4.78, 5) is 10.5. The average molecular weight is 481 g/mol. The summed E-state index contributed by atoms with van der Waals surface area (Å²) in [6.07, 6.45) is 1.83. The summed E-state index contributed by atoms with van der Waals surface area (Å²) in [5, 5.41) is 5.12.